The summed E-state index contributed by atoms with van der Waals surface area (Å²) < 4.78 is 6.12. The molecule has 2 rings (SSSR count). The highest BCUT2D eigenvalue weighted by Crippen LogP contribution is 2.16. The van der Waals surface area contributed by atoms with Gasteiger partial charge in [0.05, 0.1) is 6.61 Å². The molecule has 1 saturated heterocycles. The maximum Gasteiger partial charge on any atom is 0.126 e. The Labute approximate surface area is 117 Å². The van der Waals surface area contributed by atoms with Gasteiger partial charge in [-0.2, -0.15) is 0 Å². The molecule has 0 amide bonds. The molecule has 100 valence electrons. The Hall–Kier alpha value is -0.650. The third-order valence-corrected chi connectivity index (χ3v) is 3.75. The maximum absolute atomic E-state index is 5.11. The molecule has 0 spiro atoms. The van der Waals surface area contributed by atoms with Crippen molar-refractivity contribution in [3.8, 4) is 0 Å². The van der Waals surface area contributed by atoms with Crippen molar-refractivity contribution in [3.05, 3.63) is 22.8 Å². The number of nitrogens with zero attached hydrogens (tertiary/aromatic N) is 2. The van der Waals surface area contributed by atoms with Crippen LogP contribution in [-0.2, 0) is 4.74 Å². The Morgan fingerprint density at radius 1 is 1.44 bits per heavy atom. The Balaban J connectivity index is 1.74. The molecule has 5 heteroatoms. The molecule has 0 saturated carbocycles. The first kappa shape index (κ1) is 13.8. The number of piperidine rings is 1. The summed E-state index contributed by atoms with van der Waals surface area (Å²) in [5, 5.41) is 3.49. The molecular weight excluding hydrogens is 294 g/mol. The fraction of sp³-hybridized carbons (Fsp3) is 0.615. The minimum atomic E-state index is 0.539. The molecule has 18 heavy (non-hydrogen) atoms. The van der Waals surface area contributed by atoms with Gasteiger partial charge in [-0.25, -0.2) is 4.98 Å². The molecule has 0 aromatic carbocycles. The number of nitrogens with one attached hydrogen (secondary N) is 1. The normalized spacial score (nSPS) is 17.9. The van der Waals surface area contributed by atoms with Gasteiger partial charge < -0.3 is 15.0 Å². The number of halogens is 1. The topological polar surface area (TPSA) is 37.4 Å². The second kappa shape index (κ2) is 7.07. The molecule has 1 aliphatic rings. The van der Waals surface area contributed by atoms with Crippen LogP contribution >= 0.6 is 15.9 Å². The number of likely N-dealkylation sites (tertiary alicyclic amines) is 1. The van der Waals surface area contributed by atoms with Crippen molar-refractivity contribution in [3.63, 3.8) is 0 Å². The van der Waals surface area contributed by atoms with Crippen LogP contribution in [0.3, 0.4) is 0 Å². The van der Waals surface area contributed by atoms with Crippen molar-refractivity contribution in [1.82, 2.24) is 9.88 Å². The third kappa shape index (κ3) is 4.23. The zero-order chi connectivity index (χ0) is 12.8. The standard InChI is InChI=1S/C13H20BrN3O/c1-18-9-8-17-6-4-12(5-7-17)16-13-3-2-11(14)10-15-13/h2-3,10,12H,4-9H2,1H3,(H,15,16). The van der Waals surface area contributed by atoms with Crippen LogP contribution in [0, 0.1) is 0 Å². The van der Waals surface area contributed by atoms with Crippen LogP contribution in [0.1, 0.15) is 12.8 Å². The number of ether oxygens (including phenoxy) is 1. The van der Waals surface area contributed by atoms with Gasteiger partial charge in [-0.1, -0.05) is 0 Å². The van der Waals surface area contributed by atoms with E-state index in [2.05, 4.69) is 31.1 Å². The molecule has 0 aliphatic carbocycles. The average Bonchev–Trinajstić information content (AvgIpc) is 2.41. The van der Waals surface area contributed by atoms with Crippen molar-refractivity contribution in [2.75, 3.05) is 38.7 Å². The van der Waals surface area contributed by atoms with E-state index in [9.17, 15) is 0 Å². The Morgan fingerprint density at radius 2 is 2.22 bits per heavy atom. The van der Waals surface area contributed by atoms with Crippen molar-refractivity contribution >= 4 is 21.7 Å². The summed E-state index contributed by atoms with van der Waals surface area (Å²) >= 11 is 3.39. The highest BCUT2D eigenvalue weighted by molar-refractivity contribution is 9.10. The predicted octanol–water partition coefficient (Wildman–Crippen LogP) is 2.37. The SMILES string of the molecule is COCCN1CCC(Nc2ccc(Br)cn2)CC1. The molecule has 1 N–H and O–H groups in total. The van der Waals surface area contributed by atoms with Crippen molar-refractivity contribution in [2.24, 2.45) is 0 Å². The van der Waals surface area contributed by atoms with Crippen LogP contribution in [0.5, 0.6) is 0 Å². The Kier molecular flexibility index (Phi) is 5.41. The van der Waals surface area contributed by atoms with Crippen LogP contribution in [0.4, 0.5) is 5.82 Å². The summed E-state index contributed by atoms with van der Waals surface area (Å²) in [6, 6.07) is 4.57. The van der Waals surface area contributed by atoms with Crippen LogP contribution in [0.25, 0.3) is 0 Å². The van der Waals surface area contributed by atoms with Gasteiger partial charge in [-0.15, -0.1) is 0 Å². The minimum absolute atomic E-state index is 0.539. The number of pyridine rings is 1. The van der Waals surface area contributed by atoms with Gasteiger partial charge in [-0.05, 0) is 40.9 Å². The fourth-order valence-corrected chi connectivity index (χ4v) is 2.43. The molecule has 0 atom stereocenters. The number of aromatic nitrogens is 1. The number of hydrogen-bond acceptors (Lipinski definition) is 4. The molecular formula is C13H20BrN3O. The molecule has 0 bridgehead atoms. The first-order valence-electron chi connectivity index (χ1n) is 6.37. The van der Waals surface area contributed by atoms with Gasteiger partial charge in [-0.3, -0.25) is 0 Å². The summed E-state index contributed by atoms with van der Waals surface area (Å²) in [6.45, 7) is 4.14. The van der Waals surface area contributed by atoms with Crippen molar-refractivity contribution in [1.29, 1.82) is 0 Å². The molecule has 0 radical (unpaired) electrons. The highest BCUT2D eigenvalue weighted by atomic mass is 79.9. The van der Waals surface area contributed by atoms with E-state index in [0.29, 0.717) is 6.04 Å². The molecule has 4 nitrogen and oxygen atoms in total. The first-order valence-corrected chi connectivity index (χ1v) is 7.16. The van der Waals surface area contributed by atoms with E-state index < -0.39 is 0 Å². The van der Waals surface area contributed by atoms with Crippen LogP contribution in [-0.4, -0.2) is 49.3 Å². The zero-order valence-corrected chi connectivity index (χ0v) is 12.3. The summed E-state index contributed by atoms with van der Waals surface area (Å²) in [6.07, 6.45) is 4.17. The lowest BCUT2D eigenvalue weighted by atomic mass is 10.1. The van der Waals surface area contributed by atoms with Crippen LogP contribution in [0.2, 0.25) is 0 Å². The van der Waals surface area contributed by atoms with E-state index >= 15 is 0 Å². The van der Waals surface area contributed by atoms with Gasteiger partial charge >= 0.3 is 0 Å². The lowest BCUT2D eigenvalue weighted by molar-refractivity contribution is 0.132. The van der Waals surface area contributed by atoms with E-state index in [1.165, 1.54) is 12.8 Å². The van der Waals surface area contributed by atoms with Gasteiger partial charge in [0.2, 0.25) is 0 Å². The molecule has 1 aliphatic heterocycles. The summed E-state index contributed by atoms with van der Waals surface area (Å²) in [5.41, 5.74) is 0. The van der Waals surface area contributed by atoms with Crippen molar-refractivity contribution in [2.45, 2.75) is 18.9 Å². The van der Waals surface area contributed by atoms with E-state index in [1.54, 1.807) is 7.11 Å². The summed E-state index contributed by atoms with van der Waals surface area (Å²) in [7, 11) is 1.76. The van der Waals surface area contributed by atoms with E-state index in [4.69, 9.17) is 4.74 Å². The second-order valence-corrected chi connectivity index (χ2v) is 5.53. The molecule has 2 heterocycles. The third-order valence-electron chi connectivity index (χ3n) is 3.28. The average molecular weight is 314 g/mol. The largest absolute Gasteiger partial charge is 0.383 e. The zero-order valence-electron chi connectivity index (χ0n) is 10.7. The number of methoxy groups -OCH3 is 1. The summed E-state index contributed by atoms with van der Waals surface area (Å²) in [5.74, 6) is 0.966. The first-order chi connectivity index (χ1) is 8.78. The quantitative estimate of drug-likeness (QED) is 0.905. The molecule has 1 aromatic heterocycles. The fourth-order valence-electron chi connectivity index (χ4n) is 2.19. The van der Waals surface area contributed by atoms with E-state index in [0.717, 1.165) is 36.5 Å². The highest BCUT2D eigenvalue weighted by Gasteiger charge is 2.18. The predicted molar refractivity (Wildman–Crippen MR) is 76.9 cm³/mol. The van der Waals surface area contributed by atoms with Gasteiger partial charge in [0.25, 0.3) is 0 Å². The molecule has 0 unspecified atom stereocenters. The van der Waals surface area contributed by atoms with E-state index in [-0.39, 0.29) is 0 Å². The number of anilines is 1. The summed E-state index contributed by atoms with van der Waals surface area (Å²) in [4.78, 5) is 6.80. The lowest BCUT2D eigenvalue weighted by Gasteiger charge is -2.32. The maximum atomic E-state index is 5.11. The molecule has 1 fully saturated rings. The Morgan fingerprint density at radius 3 is 2.83 bits per heavy atom. The lowest BCUT2D eigenvalue weighted by Crippen LogP contribution is -2.40. The number of hydrogen-bond donors (Lipinski definition) is 1. The monoisotopic (exact) mass is 313 g/mol. The van der Waals surface area contributed by atoms with Gasteiger partial charge in [0, 0.05) is 43.5 Å². The van der Waals surface area contributed by atoms with Gasteiger partial charge in [0.1, 0.15) is 5.82 Å². The van der Waals surface area contributed by atoms with Gasteiger partial charge in [0.15, 0.2) is 0 Å². The Bertz CT molecular complexity index is 350. The van der Waals surface area contributed by atoms with Crippen LogP contribution in [0.15, 0.2) is 22.8 Å². The number of rotatable bonds is 5. The van der Waals surface area contributed by atoms with E-state index in [1.807, 2.05) is 18.3 Å². The van der Waals surface area contributed by atoms with Crippen molar-refractivity contribution < 1.29 is 4.74 Å². The molecule has 1 aromatic rings. The smallest absolute Gasteiger partial charge is 0.126 e. The minimum Gasteiger partial charge on any atom is -0.383 e. The van der Waals surface area contributed by atoms with Crippen LogP contribution < -0.4 is 5.32 Å². The second-order valence-electron chi connectivity index (χ2n) is 4.61.